The van der Waals surface area contributed by atoms with E-state index in [9.17, 15) is 0 Å². The van der Waals surface area contributed by atoms with E-state index in [4.69, 9.17) is 16.3 Å². The highest BCUT2D eigenvalue weighted by Crippen LogP contribution is 2.33. The third-order valence-electron chi connectivity index (χ3n) is 3.34. The SMILES string of the molecule is COc1ccc(C)cc1CNc1cccc(Cl)c1N(C)C. The maximum atomic E-state index is 6.28. The molecule has 0 bridgehead atoms. The fourth-order valence-electron chi connectivity index (χ4n) is 2.35. The highest BCUT2D eigenvalue weighted by atomic mass is 35.5. The molecule has 0 fully saturated rings. The molecule has 0 heterocycles. The minimum atomic E-state index is 0.687. The summed E-state index contributed by atoms with van der Waals surface area (Å²) >= 11 is 6.28. The first-order valence-corrected chi connectivity index (χ1v) is 7.24. The zero-order valence-corrected chi connectivity index (χ0v) is 13.7. The first-order chi connectivity index (χ1) is 10.0. The summed E-state index contributed by atoms with van der Waals surface area (Å²) in [6, 6.07) is 12.1. The lowest BCUT2D eigenvalue weighted by molar-refractivity contribution is 0.410. The van der Waals surface area contributed by atoms with Gasteiger partial charge in [-0.2, -0.15) is 0 Å². The molecule has 21 heavy (non-hydrogen) atoms. The van der Waals surface area contributed by atoms with E-state index in [0.717, 1.165) is 27.7 Å². The molecule has 112 valence electrons. The quantitative estimate of drug-likeness (QED) is 0.889. The van der Waals surface area contributed by atoms with Crippen LogP contribution in [0.5, 0.6) is 5.75 Å². The van der Waals surface area contributed by atoms with Crippen molar-refractivity contribution in [2.75, 3.05) is 31.4 Å². The van der Waals surface area contributed by atoms with Crippen LogP contribution in [0.2, 0.25) is 5.02 Å². The lowest BCUT2D eigenvalue weighted by Gasteiger charge is -2.20. The Hall–Kier alpha value is -1.87. The third kappa shape index (κ3) is 3.61. The van der Waals surface area contributed by atoms with Crippen LogP contribution in [0.1, 0.15) is 11.1 Å². The van der Waals surface area contributed by atoms with E-state index in [1.807, 2.05) is 49.3 Å². The second-order valence-corrected chi connectivity index (χ2v) is 5.61. The summed E-state index contributed by atoms with van der Waals surface area (Å²) in [6.07, 6.45) is 0. The number of nitrogens with zero attached hydrogens (tertiary/aromatic N) is 1. The zero-order chi connectivity index (χ0) is 15.4. The Balaban J connectivity index is 2.25. The van der Waals surface area contributed by atoms with E-state index < -0.39 is 0 Å². The van der Waals surface area contributed by atoms with Gasteiger partial charge in [0.05, 0.1) is 23.5 Å². The molecule has 0 radical (unpaired) electrons. The highest BCUT2D eigenvalue weighted by Gasteiger charge is 2.10. The van der Waals surface area contributed by atoms with Crippen molar-refractivity contribution in [2.24, 2.45) is 0 Å². The molecule has 2 aromatic carbocycles. The predicted octanol–water partition coefficient (Wildman–Crippen LogP) is 4.34. The number of hydrogen-bond donors (Lipinski definition) is 1. The van der Waals surface area contributed by atoms with E-state index in [2.05, 4.69) is 18.3 Å². The van der Waals surface area contributed by atoms with E-state index in [-0.39, 0.29) is 0 Å². The van der Waals surface area contributed by atoms with Gasteiger partial charge in [-0.1, -0.05) is 35.4 Å². The van der Waals surface area contributed by atoms with Gasteiger partial charge in [-0.15, -0.1) is 0 Å². The first kappa shape index (κ1) is 15.5. The van der Waals surface area contributed by atoms with Gasteiger partial charge in [0.2, 0.25) is 0 Å². The number of benzene rings is 2. The molecule has 0 atom stereocenters. The van der Waals surface area contributed by atoms with Crippen LogP contribution in [0.3, 0.4) is 0 Å². The summed E-state index contributed by atoms with van der Waals surface area (Å²) in [5, 5.41) is 4.18. The lowest BCUT2D eigenvalue weighted by atomic mass is 10.1. The minimum Gasteiger partial charge on any atom is -0.496 e. The zero-order valence-electron chi connectivity index (χ0n) is 12.9. The normalized spacial score (nSPS) is 10.3. The van der Waals surface area contributed by atoms with Gasteiger partial charge in [0.25, 0.3) is 0 Å². The van der Waals surface area contributed by atoms with Crippen molar-refractivity contribution in [1.29, 1.82) is 0 Å². The predicted molar refractivity (Wildman–Crippen MR) is 90.8 cm³/mol. The van der Waals surface area contributed by atoms with Crippen molar-refractivity contribution in [3.8, 4) is 5.75 Å². The van der Waals surface area contributed by atoms with Gasteiger partial charge in [0, 0.05) is 26.2 Å². The summed E-state index contributed by atoms with van der Waals surface area (Å²) in [5.41, 5.74) is 4.34. The third-order valence-corrected chi connectivity index (χ3v) is 3.64. The van der Waals surface area contributed by atoms with Crippen LogP contribution in [0.15, 0.2) is 36.4 Å². The van der Waals surface area contributed by atoms with Crippen molar-refractivity contribution in [3.63, 3.8) is 0 Å². The van der Waals surface area contributed by atoms with Gasteiger partial charge >= 0.3 is 0 Å². The van der Waals surface area contributed by atoms with E-state index in [1.165, 1.54) is 5.56 Å². The first-order valence-electron chi connectivity index (χ1n) is 6.86. The summed E-state index contributed by atoms with van der Waals surface area (Å²) in [7, 11) is 5.66. The monoisotopic (exact) mass is 304 g/mol. The fraction of sp³-hybridized carbons (Fsp3) is 0.294. The van der Waals surface area contributed by atoms with Crippen molar-refractivity contribution < 1.29 is 4.74 Å². The smallest absolute Gasteiger partial charge is 0.123 e. The Bertz CT molecular complexity index is 626. The van der Waals surface area contributed by atoms with Crippen molar-refractivity contribution in [3.05, 3.63) is 52.5 Å². The number of methoxy groups -OCH3 is 1. The Kier molecular flexibility index (Phi) is 4.97. The molecular weight excluding hydrogens is 284 g/mol. The summed E-state index contributed by atoms with van der Waals surface area (Å²) in [4.78, 5) is 2.01. The van der Waals surface area contributed by atoms with Crippen LogP contribution < -0.4 is 15.0 Å². The number of aryl methyl sites for hydroxylation is 1. The maximum Gasteiger partial charge on any atom is 0.123 e. The van der Waals surface area contributed by atoms with Crippen LogP contribution in [0.4, 0.5) is 11.4 Å². The second-order valence-electron chi connectivity index (χ2n) is 5.20. The lowest BCUT2D eigenvalue weighted by Crippen LogP contribution is -2.13. The molecule has 0 aliphatic carbocycles. The molecule has 0 amide bonds. The molecule has 2 aromatic rings. The Morgan fingerprint density at radius 2 is 1.95 bits per heavy atom. The topological polar surface area (TPSA) is 24.5 Å². The van der Waals surface area contributed by atoms with E-state index >= 15 is 0 Å². The van der Waals surface area contributed by atoms with Crippen molar-refractivity contribution in [1.82, 2.24) is 0 Å². The van der Waals surface area contributed by atoms with Gasteiger partial charge in [-0.25, -0.2) is 0 Å². The van der Waals surface area contributed by atoms with Crippen LogP contribution in [0, 0.1) is 6.92 Å². The molecule has 0 saturated carbocycles. The Labute approximate surface area is 131 Å². The second kappa shape index (κ2) is 6.72. The number of para-hydroxylation sites is 1. The molecule has 2 rings (SSSR count). The summed E-state index contributed by atoms with van der Waals surface area (Å²) in [5.74, 6) is 0.890. The summed E-state index contributed by atoms with van der Waals surface area (Å²) < 4.78 is 5.41. The average Bonchev–Trinajstić information content (AvgIpc) is 2.44. The molecule has 3 nitrogen and oxygen atoms in total. The van der Waals surface area contributed by atoms with Crippen LogP contribution >= 0.6 is 11.6 Å². The van der Waals surface area contributed by atoms with Gasteiger partial charge in [0.15, 0.2) is 0 Å². The number of rotatable bonds is 5. The molecule has 4 heteroatoms. The standard InChI is InChI=1S/C17H21ClN2O/c1-12-8-9-16(21-4)13(10-12)11-19-15-7-5-6-14(18)17(15)20(2)3/h5-10,19H,11H2,1-4H3. The van der Waals surface area contributed by atoms with Crippen LogP contribution in [-0.2, 0) is 6.54 Å². The molecule has 0 aromatic heterocycles. The number of ether oxygens (including phenoxy) is 1. The largest absolute Gasteiger partial charge is 0.496 e. The highest BCUT2D eigenvalue weighted by molar-refractivity contribution is 6.34. The van der Waals surface area contributed by atoms with Gasteiger partial charge in [0.1, 0.15) is 5.75 Å². The van der Waals surface area contributed by atoms with Crippen molar-refractivity contribution >= 4 is 23.0 Å². The molecule has 0 saturated heterocycles. The Morgan fingerprint density at radius 1 is 1.19 bits per heavy atom. The minimum absolute atomic E-state index is 0.687. The Morgan fingerprint density at radius 3 is 2.62 bits per heavy atom. The number of halogens is 1. The number of anilines is 2. The summed E-state index contributed by atoms with van der Waals surface area (Å²) in [6.45, 7) is 2.76. The van der Waals surface area contributed by atoms with Gasteiger partial charge < -0.3 is 15.0 Å². The molecule has 0 unspecified atom stereocenters. The number of hydrogen-bond acceptors (Lipinski definition) is 3. The van der Waals surface area contributed by atoms with E-state index in [1.54, 1.807) is 7.11 Å². The molecule has 1 N–H and O–H groups in total. The molecule has 0 aliphatic heterocycles. The molecular formula is C17H21ClN2O. The van der Waals surface area contributed by atoms with Crippen LogP contribution in [0.25, 0.3) is 0 Å². The van der Waals surface area contributed by atoms with Crippen LogP contribution in [-0.4, -0.2) is 21.2 Å². The average molecular weight is 305 g/mol. The van der Waals surface area contributed by atoms with Gasteiger partial charge in [-0.3, -0.25) is 0 Å². The number of nitrogens with one attached hydrogen (secondary N) is 1. The molecule has 0 spiro atoms. The molecule has 0 aliphatic rings. The fourth-order valence-corrected chi connectivity index (χ4v) is 2.69. The maximum absolute atomic E-state index is 6.28. The van der Waals surface area contributed by atoms with E-state index in [0.29, 0.717) is 6.54 Å². The van der Waals surface area contributed by atoms with Gasteiger partial charge in [-0.05, 0) is 25.1 Å². The van der Waals surface area contributed by atoms with Crippen molar-refractivity contribution in [2.45, 2.75) is 13.5 Å².